The number of carbonyl (C=O) groups is 4. The van der Waals surface area contributed by atoms with Crippen molar-refractivity contribution >= 4 is 34.9 Å². The fourth-order valence-electron chi connectivity index (χ4n) is 4.67. The van der Waals surface area contributed by atoms with Crippen molar-refractivity contribution in [2.24, 2.45) is 0 Å². The quantitative estimate of drug-likeness (QED) is 0.0708. The summed E-state index contributed by atoms with van der Waals surface area (Å²) in [5.41, 5.74) is 2.56. The third-order valence-corrected chi connectivity index (χ3v) is 6.97. The van der Waals surface area contributed by atoms with Crippen LogP contribution < -0.4 is 9.64 Å². The van der Waals surface area contributed by atoms with E-state index in [0.29, 0.717) is 11.4 Å². The Labute approximate surface area is 246 Å². The molecule has 0 fully saturated rings. The molecule has 0 N–H and O–H groups in total. The number of rotatable bonds is 9. The fourth-order valence-corrected chi connectivity index (χ4v) is 4.67. The van der Waals surface area contributed by atoms with E-state index < -0.39 is 35.1 Å². The number of imide groups is 1. The molecule has 10 nitrogen and oxygen atoms in total. The molecule has 10 heteroatoms. The molecule has 0 unspecified atom stereocenters. The van der Waals surface area contributed by atoms with Crippen LogP contribution in [0.5, 0.6) is 11.5 Å². The summed E-state index contributed by atoms with van der Waals surface area (Å²) in [5.74, 6) is -1.04. The zero-order chi connectivity index (χ0) is 30.8. The first-order chi connectivity index (χ1) is 20.5. The van der Waals surface area contributed by atoms with Gasteiger partial charge in [0.05, 0.1) is 27.3 Å². The summed E-state index contributed by atoms with van der Waals surface area (Å²) >= 11 is 0. The highest BCUT2D eigenvalue weighted by atomic mass is 16.6. The number of amides is 2. The summed E-state index contributed by atoms with van der Waals surface area (Å²) in [5, 5.41) is 10.8. The maximum absolute atomic E-state index is 13.3. The lowest BCUT2D eigenvalue weighted by Gasteiger charge is -2.16. The number of ether oxygens (including phenoxy) is 2. The van der Waals surface area contributed by atoms with Crippen molar-refractivity contribution in [2.75, 3.05) is 11.5 Å². The zero-order valence-electron chi connectivity index (χ0n) is 23.5. The minimum Gasteiger partial charge on any atom is -0.457 e. The number of non-ortho nitro benzene ring substituents is 1. The normalized spacial score (nSPS) is 12.3. The molecule has 1 heterocycles. The highest BCUT2D eigenvalue weighted by Gasteiger charge is 2.37. The van der Waals surface area contributed by atoms with E-state index in [1.807, 2.05) is 25.1 Å². The Morgan fingerprint density at radius 1 is 0.837 bits per heavy atom. The van der Waals surface area contributed by atoms with E-state index in [4.69, 9.17) is 9.47 Å². The number of nitrogens with zero attached hydrogens (tertiary/aromatic N) is 2. The van der Waals surface area contributed by atoms with Crippen LogP contribution in [0.15, 0.2) is 84.9 Å². The van der Waals surface area contributed by atoms with Crippen molar-refractivity contribution in [2.45, 2.75) is 26.7 Å². The van der Waals surface area contributed by atoms with Crippen LogP contribution in [0.2, 0.25) is 0 Å². The first-order valence-corrected chi connectivity index (χ1v) is 13.4. The van der Waals surface area contributed by atoms with Crippen molar-refractivity contribution in [1.29, 1.82) is 0 Å². The van der Waals surface area contributed by atoms with Gasteiger partial charge >= 0.3 is 5.97 Å². The van der Waals surface area contributed by atoms with Gasteiger partial charge in [-0.15, -0.1) is 0 Å². The number of ketones is 1. The second-order valence-corrected chi connectivity index (χ2v) is 10.3. The molecule has 0 aliphatic carbocycles. The van der Waals surface area contributed by atoms with Gasteiger partial charge < -0.3 is 9.47 Å². The fraction of sp³-hybridized carbons (Fsp3) is 0.152. The van der Waals surface area contributed by atoms with Crippen LogP contribution in [0.25, 0.3) is 0 Å². The molecule has 0 aromatic heterocycles. The Morgan fingerprint density at radius 2 is 1.49 bits per heavy atom. The monoisotopic (exact) mass is 578 g/mol. The molecule has 2 amide bonds. The SMILES string of the molecule is Cc1ccc(C(C)C)c(Oc2ccc(N3C(=O)c4ccc(C(=O)OCC(=O)c5ccc([N+](=O)[O-])cc5)cc4C3=O)cc2)c1. The summed E-state index contributed by atoms with van der Waals surface area (Å²) in [6, 6.07) is 21.5. The number of Topliss-reactive ketones (excluding diaryl/α,β-unsaturated/α-hetero) is 1. The van der Waals surface area contributed by atoms with Crippen LogP contribution in [0.1, 0.15) is 72.3 Å². The van der Waals surface area contributed by atoms with Crippen LogP contribution in [0.4, 0.5) is 11.4 Å². The summed E-state index contributed by atoms with van der Waals surface area (Å²) in [4.78, 5) is 62.6. The molecule has 0 bridgehead atoms. The maximum atomic E-state index is 13.3. The summed E-state index contributed by atoms with van der Waals surface area (Å²) in [6.45, 7) is 5.53. The van der Waals surface area contributed by atoms with Crippen molar-refractivity contribution in [3.05, 3.63) is 128 Å². The van der Waals surface area contributed by atoms with Crippen LogP contribution >= 0.6 is 0 Å². The molecule has 0 saturated heterocycles. The second-order valence-electron chi connectivity index (χ2n) is 10.3. The number of benzene rings is 4. The van der Waals surface area contributed by atoms with Crippen molar-refractivity contribution in [3.8, 4) is 11.5 Å². The zero-order valence-corrected chi connectivity index (χ0v) is 23.5. The molecule has 4 aromatic rings. The standard InChI is InChI=1S/C33H26N2O8/c1-19(2)26-14-4-20(3)16-30(26)43-25-12-10-23(11-13-25)34-31(37)27-15-7-22(17-28(27)32(34)38)33(39)42-18-29(36)21-5-8-24(9-6-21)35(40)41/h4-17,19H,18H2,1-3H3. The summed E-state index contributed by atoms with van der Waals surface area (Å²) in [6.07, 6.45) is 0. The van der Waals surface area contributed by atoms with E-state index in [1.54, 1.807) is 24.3 Å². The molecule has 43 heavy (non-hydrogen) atoms. The number of nitro groups is 1. The van der Waals surface area contributed by atoms with Gasteiger partial charge in [-0.1, -0.05) is 26.0 Å². The number of esters is 1. The van der Waals surface area contributed by atoms with Gasteiger partial charge in [0.15, 0.2) is 12.4 Å². The smallest absolute Gasteiger partial charge is 0.338 e. The molecule has 4 aromatic carbocycles. The molecule has 5 rings (SSSR count). The number of aryl methyl sites for hydroxylation is 1. The predicted molar refractivity (Wildman–Crippen MR) is 157 cm³/mol. The molecule has 0 atom stereocenters. The Kier molecular flexibility index (Phi) is 7.85. The molecule has 1 aliphatic heterocycles. The van der Waals surface area contributed by atoms with E-state index in [2.05, 4.69) is 13.8 Å². The Morgan fingerprint density at radius 3 is 2.14 bits per heavy atom. The third kappa shape index (κ3) is 5.89. The first kappa shape index (κ1) is 28.9. The van der Waals surface area contributed by atoms with Crippen LogP contribution in [-0.2, 0) is 4.74 Å². The second kappa shape index (κ2) is 11.7. The number of hydrogen-bond acceptors (Lipinski definition) is 8. The minimum absolute atomic E-state index is 0.0129. The van der Waals surface area contributed by atoms with E-state index in [1.165, 1.54) is 42.5 Å². The van der Waals surface area contributed by atoms with Gasteiger partial charge in [-0.3, -0.25) is 24.5 Å². The van der Waals surface area contributed by atoms with E-state index in [9.17, 15) is 29.3 Å². The van der Waals surface area contributed by atoms with Gasteiger partial charge in [0.25, 0.3) is 17.5 Å². The van der Waals surface area contributed by atoms with Crippen molar-refractivity contribution < 1.29 is 33.6 Å². The Bertz CT molecular complexity index is 1780. The molecule has 0 spiro atoms. The van der Waals surface area contributed by atoms with Crippen LogP contribution in [0, 0.1) is 17.0 Å². The number of nitro benzene ring substituents is 1. The average Bonchev–Trinajstić information content (AvgIpc) is 3.24. The molecular weight excluding hydrogens is 552 g/mol. The number of anilines is 1. The van der Waals surface area contributed by atoms with Gasteiger partial charge in [0.2, 0.25) is 0 Å². The maximum Gasteiger partial charge on any atom is 0.338 e. The summed E-state index contributed by atoms with van der Waals surface area (Å²) in [7, 11) is 0. The topological polar surface area (TPSA) is 133 Å². The van der Waals surface area contributed by atoms with Crippen LogP contribution in [-0.4, -0.2) is 35.1 Å². The molecule has 216 valence electrons. The average molecular weight is 579 g/mol. The number of hydrogen-bond donors (Lipinski definition) is 0. The molecule has 1 aliphatic rings. The predicted octanol–water partition coefficient (Wildman–Crippen LogP) is 6.66. The van der Waals surface area contributed by atoms with Crippen molar-refractivity contribution in [1.82, 2.24) is 0 Å². The lowest BCUT2D eigenvalue weighted by Crippen LogP contribution is -2.29. The highest BCUT2D eigenvalue weighted by molar-refractivity contribution is 6.34. The first-order valence-electron chi connectivity index (χ1n) is 13.4. The third-order valence-electron chi connectivity index (χ3n) is 6.97. The molecule has 0 radical (unpaired) electrons. The van der Waals surface area contributed by atoms with E-state index in [0.717, 1.165) is 21.8 Å². The van der Waals surface area contributed by atoms with Gasteiger partial charge in [-0.2, -0.15) is 0 Å². The number of fused-ring (bicyclic) bond motifs is 1. The Hall–Kier alpha value is -5.64. The molecule has 0 saturated carbocycles. The van der Waals surface area contributed by atoms with Gasteiger partial charge in [-0.25, -0.2) is 9.69 Å². The lowest BCUT2D eigenvalue weighted by atomic mass is 10.0. The number of carbonyl (C=O) groups excluding carboxylic acids is 4. The highest BCUT2D eigenvalue weighted by Crippen LogP contribution is 2.34. The minimum atomic E-state index is -0.866. The summed E-state index contributed by atoms with van der Waals surface area (Å²) < 4.78 is 11.2. The van der Waals surface area contributed by atoms with Gasteiger partial charge in [-0.05, 0) is 84.6 Å². The van der Waals surface area contributed by atoms with Crippen molar-refractivity contribution in [3.63, 3.8) is 0 Å². The van der Waals surface area contributed by atoms with Gasteiger partial charge in [0, 0.05) is 17.7 Å². The lowest BCUT2D eigenvalue weighted by molar-refractivity contribution is -0.384. The van der Waals surface area contributed by atoms with E-state index >= 15 is 0 Å². The van der Waals surface area contributed by atoms with Crippen LogP contribution in [0.3, 0.4) is 0 Å². The van der Waals surface area contributed by atoms with Gasteiger partial charge in [0.1, 0.15) is 11.5 Å². The molecular formula is C33H26N2O8. The van der Waals surface area contributed by atoms with E-state index in [-0.39, 0.29) is 33.9 Å². The Balaban J connectivity index is 1.27. The largest absolute Gasteiger partial charge is 0.457 e.